The second kappa shape index (κ2) is 8.37. The van der Waals surface area contributed by atoms with Gasteiger partial charge in [0, 0.05) is 22.9 Å². The lowest BCUT2D eigenvalue weighted by Crippen LogP contribution is -2.40. The third-order valence-electron chi connectivity index (χ3n) is 4.50. The molecule has 2 rings (SSSR count). The maximum Gasteiger partial charge on any atom is 0.336 e. The van der Waals surface area contributed by atoms with Crippen LogP contribution in [0.25, 0.3) is 0 Å². The van der Waals surface area contributed by atoms with Crippen LogP contribution in [-0.2, 0) is 14.3 Å². The zero-order valence-electron chi connectivity index (χ0n) is 16.3. The van der Waals surface area contributed by atoms with Crippen molar-refractivity contribution in [3.63, 3.8) is 0 Å². The number of ether oxygens (including phenoxy) is 1. The Labute approximate surface area is 158 Å². The van der Waals surface area contributed by atoms with Crippen LogP contribution in [-0.4, -0.2) is 18.5 Å². The average Bonchev–Trinajstić information content (AvgIpc) is 2.60. The number of nitrogens with one attached hydrogen (secondary N) is 1. The second-order valence-electron chi connectivity index (χ2n) is 7.08. The van der Waals surface area contributed by atoms with E-state index in [2.05, 4.69) is 5.32 Å². The van der Waals surface area contributed by atoms with Crippen molar-refractivity contribution < 1.29 is 23.8 Å². The van der Waals surface area contributed by atoms with E-state index in [1.807, 2.05) is 27.7 Å². The topological polar surface area (TPSA) is 78.5 Å². The van der Waals surface area contributed by atoms with E-state index in [1.165, 1.54) is 24.3 Å². The number of benzene rings is 1. The normalized spacial score (nSPS) is 17.4. The molecule has 1 atom stereocenters. The maximum absolute atomic E-state index is 13.4. The van der Waals surface area contributed by atoms with Crippen LogP contribution in [0.15, 0.2) is 46.8 Å². The Hall–Kier alpha value is -2.63. The van der Waals surface area contributed by atoms with E-state index in [4.69, 9.17) is 4.74 Å². The first-order valence-corrected chi connectivity index (χ1v) is 9.08. The molecule has 5 nitrogen and oxygen atoms in total. The highest BCUT2D eigenvalue weighted by atomic mass is 19.1. The molecular formula is C21H25FNO4-. The largest absolute Gasteiger partial charge is 0.545 e. The maximum atomic E-state index is 13.4. The zero-order chi connectivity index (χ0) is 20.3. The molecule has 0 radical (unpaired) electrons. The molecule has 1 aromatic carbocycles. The lowest BCUT2D eigenvalue weighted by Gasteiger charge is -2.36. The van der Waals surface area contributed by atoms with Crippen molar-refractivity contribution in [3.8, 4) is 0 Å². The van der Waals surface area contributed by atoms with E-state index in [0.29, 0.717) is 17.0 Å². The molecule has 1 aliphatic heterocycles. The van der Waals surface area contributed by atoms with Gasteiger partial charge in [-0.2, -0.15) is 0 Å². The first kappa shape index (κ1) is 20.7. The van der Waals surface area contributed by atoms with Crippen molar-refractivity contribution >= 4 is 11.9 Å². The SMILES string of the molecule is CCOC(=O)C1=C(C(C)C)NC(C(C)C)=C(C(=O)[O-])C1c1ccc(F)cc1. The second-order valence-corrected chi connectivity index (χ2v) is 7.08. The summed E-state index contributed by atoms with van der Waals surface area (Å²) < 4.78 is 18.7. The molecule has 1 aromatic rings. The molecule has 0 spiro atoms. The van der Waals surface area contributed by atoms with E-state index in [1.54, 1.807) is 6.92 Å². The van der Waals surface area contributed by atoms with Crippen LogP contribution in [0.5, 0.6) is 0 Å². The molecule has 1 unspecified atom stereocenters. The van der Waals surface area contributed by atoms with Crippen molar-refractivity contribution in [3.05, 3.63) is 58.2 Å². The van der Waals surface area contributed by atoms with Crippen molar-refractivity contribution in [1.29, 1.82) is 0 Å². The zero-order valence-corrected chi connectivity index (χ0v) is 16.3. The fraction of sp³-hybridized carbons (Fsp3) is 0.429. The van der Waals surface area contributed by atoms with Gasteiger partial charge in [-0.3, -0.25) is 0 Å². The summed E-state index contributed by atoms with van der Waals surface area (Å²) in [4.78, 5) is 24.8. The monoisotopic (exact) mass is 374 g/mol. The molecule has 0 aromatic heterocycles. The molecular weight excluding hydrogens is 349 g/mol. The molecule has 6 heteroatoms. The van der Waals surface area contributed by atoms with E-state index in [9.17, 15) is 19.1 Å². The number of allylic oxidation sites excluding steroid dienone is 2. The molecule has 0 fully saturated rings. The summed E-state index contributed by atoms with van der Waals surface area (Å²) in [7, 11) is 0. The fourth-order valence-electron chi connectivity index (χ4n) is 3.30. The van der Waals surface area contributed by atoms with E-state index in [0.717, 1.165) is 0 Å². The first-order chi connectivity index (χ1) is 12.7. The summed E-state index contributed by atoms with van der Waals surface area (Å²) in [5.74, 6) is -3.52. The quantitative estimate of drug-likeness (QED) is 0.775. The number of aliphatic carboxylic acids is 1. The number of carbonyl (C=O) groups is 2. The average molecular weight is 374 g/mol. The van der Waals surface area contributed by atoms with Crippen LogP contribution in [0.4, 0.5) is 4.39 Å². The van der Waals surface area contributed by atoms with E-state index < -0.39 is 23.7 Å². The minimum atomic E-state index is -1.37. The Morgan fingerprint density at radius 2 is 1.59 bits per heavy atom. The summed E-state index contributed by atoms with van der Waals surface area (Å²) in [6.45, 7) is 9.38. The van der Waals surface area contributed by atoms with Gasteiger partial charge in [0.2, 0.25) is 0 Å². The predicted octanol–water partition coefficient (Wildman–Crippen LogP) is 2.65. The van der Waals surface area contributed by atoms with Gasteiger partial charge >= 0.3 is 5.97 Å². The van der Waals surface area contributed by atoms with Gasteiger partial charge in [0.25, 0.3) is 0 Å². The van der Waals surface area contributed by atoms with Gasteiger partial charge in [0.05, 0.1) is 18.1 Å². The molecule has 1 N–H and O–H groups in total. The van der Waals surface area contributed by atoms with Crippen LogP contribution in [0.1, 0.15) is 46.1 Å². The summed E-state index contributed by atoms with van der Waals surface area (Å²) in [6, 6.07) is 5.47. The minimum Gasteiger partial charge on any atom is -0.545 e. The third-order valence-corrected chi connectivity index (χ3v) is 4.50. The summed E-state index contributed by atoms with van der Waals surface area (Å²) >= 11 is 0. The van der Waals surface area contributed by atoms with Gasteiger partial charge in [0.1, 0.15) is 5.82 Å². The lowest BCUT2D eigenvalue weighted by atomic mass is 9.77. The van der Waals surface area contributed by atoms with E-state index in [-0.39, 0.29) is 29.6 Å². The first-order valence-electron chi connectivity index (χ1n) is 9.08. The van der Waals surface area contributed by atoms with Crippen LogP contribution in [0.3, 0.4) is 0 Å². The highest BCUT2D eigenvalue weighted by Crippen LogP contribution is 2.41. The predicted molar refractivity (Wildman–Crippen MR) is 97.6 cm³/mol. The van der Waals surface area contributed by atoms with Crippen molar-refractivity contribution in [1.82, 2.24) is 5.32 Å². The molecule has 1 aliphatic rings. The lowest BCUT2D eigenvalue weighted by molar-refractivity contribution is -0.299. The van der Waals surface area contributed by atoms with Crippen LogP contribution >= 0.6 is 0 Å². The Morgan fingerprint density at radius 3 is 2.04 bits per heavy atom. The van der Waals surface area contributed by atoms with Crippen LogP contribution < -0.4 is 10.4 Å². The van der Waals surface area contributed by atoms with Crippen LogP contribution in [0.2, 0.25) is 0 Å². The number of rotatable bonds is 6. The molecule has 0 aliphatic carbocycles. The van der Waals surface area contributed by atoms with Gasteiger partial charge in [-0.1, -0.05) is 39.8 Å². The standard InChI is InChI=1S/C21H26FNO4/c1-6-27-21(26)17-15(13-7-9-14(22)10-8-13)16(20(24)25)18(11(2)3)23-19(17)12(4)5/h7-12,15,23H,6H2,1-5H3,(H,24,25)/p-1. The third kappa shape index (κ3) is 4.21. The minimum absolute atomic E-state index is 0.0240. The fourth-order valence-corrected chi connectivity index (χ4v) is 3.30. The number of halogens is 1. The molecule has 0 saturated heterocycles. The highest BCUT2D eigenvalue weighted by Gasteiger charge is 2.38. The van der Waals surface area contributed by atoms with Crippen molar-refractivity contribution in [2.45, 2.75) is 40.5 Å². The number of carbonyl (C=O) groups excluding carboxylic acids is 2. The Balaban J connectivity index is 2.81. The van der Waals surface area contributed by atoms with Gasteiger partial charge in [-0.15, -0.1) is 0 Å². The Bertz CT molecular complexity index is 791. The summed E-state index contributed by atoms with van der Waals surface area (Å²) in [5.41, 5.74) is 1.79. The van der Waals surface area contributed by atoms with Gasteiger partial charge in [0.15, 0.2) is 0 Å². The molecule has 1 heterocycles. The molecule has 27 heavy (non-hydrogen) atoms. The molecule has 0 bridgehead atoms. The van der Waals surface area contributed by atoms with Crippen molar-refractivity contribution in [2.24, 2.45) is 11.8 Å². The number of hydrogen-bond donors (Lipinski definition) is 1. The summed E-state index contributed by atoms with van der Waals surface area (Å²) in [6.07, 6.45) is 0. The highest BCUT2D eigenvalue weighted by molar-refractivity contribution is 5.98. The number of hydrogen-bond acceptors (Lipinski definition) is 5. The van der Waals surface area contributed by atoms with Gasteiger partial charge in [-0.05, 0) is 36.5 Å². The van der Waals surface area contributed by atoms with Crippen molar-refractivity contribution in [2.75, 3.05) is 6.61 Å². The van der Waals surface area contributed by atoms with Gasteiger partial charge in [-0.25, -0.2) is 9.18 Å². The number of carboxylic acids is 1. The Morgan fingerprint density at radius 1 is 1.07 bits per heavy atom. The number of esters is 1. The summed E-state index contributed by atoms with van der Waals surface area (Å²) in [5, 5.41) is 15.2. The van der Waals surface area contributed by atoms with Crippen LogP contribution in [0, 0.1) is 17.7 Å². The smallest absolute Gasteiger partial charge is 0.336 e. The van der Waals surface area contributed by atoms with E-state index >= 15 is 0 Å². The number of dihydropyridines is 1. The van der Waals surface area contributed by atoms with Gasteiger partial charge < -0.3 is 20.0 Å². The molecule has 146 valence electrons. The molecule has 0 saturated carbocycles. The molecule has 0 amide bonds. The Kier molecular flexibility index (Phi) is 6.41. The number of carboxylic acid groups (broad SMARTS) is 1.